The minimum atomic E-state index is -0.670. The highest BCUT2D eigenvalue weighted by atomic mass is 19.1. The lowest BCUT2D eigenvalue weighted by molar-refractivity contribution is -0.132. The van der Waals surface area contributed by atoms with Crippen molar-refractivity contribution in [2.24, 2.45) is 0 Å². The van der Waals surface area contributed by atoms with Crippen molar-refractivity contribution in [2.45, 2.75) is 12.5 Å². The highest BCUT2D eigenvalue weighted by Gasteiger charge is 2.26. The molecule has 0 spiro atoms. The number of ether oxygens (including phenoxy) is 2. The summed E-state index contributed by atoms with van der Waals surface area (Å²) in [6, 6.07) is 10.7. The number of hydrogen-bond acceptors (Lipinski definition) is 9. The molecule has 1 aromatic heterocycles. The summed E-state index contributed by atoms with van der Waals surface area (Å²) in [5.74, 6) is -0.0713. The first-order valence-electron chi connectivity index (χ1n) is 11.5. The molecule has 36 heavy (non-hydrogen) atoms. The van der Waals surface area contributed by atoms with Crippen LogP contribution in [0.5, 0.6) is 11.5 Å². The lowest BCUT2D eigenvalue weighted by Gasteiger charge is -2.35. The number of nitrogens with one attached hydrogen (secondary N) is 1. The van der Waals surface area contributed by atoms with E-state index in [1.165, 1.54) is 14.2 Å². The number of nitrogens with two attached hydrogens (primary N) is 1. The Labute approximate surface area is 208 Å². The molecule has 1 atom stereocenters. The number of carbonyl (C=O) groups is 1. The van der Waals surface area contributed by atoms with E-state index in [9.17, 15) is 4.79 Å². The largest absolute Gasteiger partial charge is 0.493 e. The number of piperazine rings is 1. The lowest BCUT2D eigenvalue weighted by atomic mass is 10.0. The zero-order chi connectivity index (χ0) is 25.8. The Morgan fingerprint density at radius 2 is 1.89 bits per heavy atom. The highest BCUT2D eigenvalue weighted by Crippen LogP contribution is 2.37. The van der Waals surface area contributed by atoms with E-state index in [1.807, 2.05) is 17.0 Å². The van der Waals surface area contributed by atoms with Crippen LogP contribution in [-0.2, 0) is 4.79 Å². The minimum absolute atomic E-state index is 0.0141. The molecule has 188 valence electrons. The number of nitriles is 1. The second kappa shape index (κ2) is 10.6. The molecule has 1 unspecified atom stereocenters. The lowest BCUT2D eigenvalue weighted by Crippen LogP contribution is -2.49. The molecule has 2 aromatic carbocycles. The monoisotopic (exact) mass is 493 g/mol. The van der Waals surface area contributed by atoms with Gasteiger partial charge in [0.2, 0.25) is 11.9 Å². The first-order chi connectivity index (χ1) is 17.4. The molecule has 2 heterocycles. The fourth-order valence-electron chi connectivity index (χ4n) is 4.32. The zero-order valence-electron chi connectivity index (χ0n) is 20.4. The van der Waals surface area contributed by atoms with E-state index in [-0.39, 0.29) is 41.2 Å². The van der Waals surface area contributed by atoms with E-state index in [0.29, 0.717) is 43.1 Å². The van der Waals surface area contributed by atoms with Gasteiger partial charge < -0.3 is 30.3 Å². The molecule has 1 aliphatic rings. The number of benzene rings is 2. The maximum Gasteiger partial charge on any atom is 0.228 e. The van der Waals surface area contributed by atoms with Crippen molar-refractivity contribution < 1.29 is 18.7 Å². The minimum Gasteiger partial charge on any atom is -0.493 e. The fraction of sp³-hybridized carbons (Fsp3) is 0.360. The number of hydrogen-bond donors (Lipinski definition) is 2. The van der Waals surface area contributed by atoms with E-state index in [2.05, 4.69) is 21.4 Å². The van der Waals surface area contributed by atoms with Gasteiger partial charge in [-0.3, -0.25) is 4.79 Å². The number of methoxy groups -OCH3 is 2. The SMILES string of the molecule is CNC(CC(=O)N1CCN(c2nc(N)c3cc(OC)c(OC)c(F)c3n2)CC1)c1ccc(C#N)cc1. The van der Waals surface area contributed by atoms with Crippen molar-refractivity contribution in [1.82, 2.24) is 20.2 Å². The van der Waals surface area contributed by atoms with Gasteiger partial charge in [-0.1, -0.05) is 12.1 Å². The number of aromatic nitrogens is 2. The number of amides is 1. The molecule has 0 aliphatic carbocycles. The van der Waals surface area contributed by atoms with E-state index >= 15 is 4.39 Å². The molecule has 3 aromatic rings. The van der Waals surface area contributed by atoms with Crippen molar-refractivity contribution >= 4 is 28.6 Å². The van der Waals surface area contributed by atoms with Gasteiger partial charge in [0.1, 0.15) is 11.3 Å². The Bertz CT molecular complexity index is 1300. The third kappa shape index (κ3) is 4.81. The van der Waals surface area contributed by atoms with Gasteiger partial charge in [0, 0.05) is 44.0 Å². The zero-order valence-corrected chi connectivity index (χ0v) is 20.4. The number of fused-ring (bicyclic) bond motifs is 1. The van der Waals surface area contributed by atoms with Gasteiger partial charge in [-0.05, 0) is 30.8 Å². The van der Waals surface area contributed by atoms with E-state index in [0.717, 1.165) is 5.56 Å². The Morgan fingerprint density at radius 1 is 1.19 bits per heavy atom. The summed E-state index contributed by atoms with van der Waals surface area (Å²) >= 11 is 0. The molecule has 4 rings (SSSR count). The Kier molecular flexibility index (Phi) is 7.36. The van der Waals surface area contributed by atoms with Gasteiger partial charge in [-0.2, -0.15) is 10.2 Å². The fourth-order valence-corrected chi connectivity index (χ4v) is 4.32. The van der Waals surface area contributed by atoms with Gasteiger partial charge in [0.05, 0.1) is 25.9 Å². The molecule has 1 saturated heterocycles. The summed E-state index contributed by atoms with van der Waals surface area (Å²) in [7, 11) is 4.58. The Balaban J connectivity index is 1.46. The van der Waals surface area contributed by atoms with Crippen molar-refractivity contribution in [3.05, 3.63) is 47.3 Å². The third-order valence-electron chi connectivity index (χ3n) is 6.38. The average Bonchev–Trinajstić information content (AvgIpc) is 2.91. The van der Waals surface area contributed by atoms with E-state index in [1.54, 1.807) is 30.1 Å². The van der Waals surface area contributed by atoms with Crippen molar-refractivity contribution in [2.75, 3.05) is 58.1 Å². The molecule has 1 amide bonds. The Hall–Kier alpha value is -4.17. The number of nitrogen functional groups attached to an aromatic ring is 1. The predicted molar refractivity (Wildman–Crippen MR) is 133 cm³/mol. The number of carbonyl (C=O) groups excluding carboxylic acids is 1. The maximum atomic E-state index is 15.1. The van der Waals surface area contributed by atoms with Crippen LogP contribution in [0, 0.1) is 17.1 Å². The van der Waals surface area contributed by atoms with Crippen LogP contribution in [0.3, 0.4) is 0 Å². The van der Waals surface area contributed by atoms with Crippen molar-refractivity contribution in [3.8, 4) is 17.6 Å². The molecule has 0 saturated carbocycles. The second-order valence-electron chi connectivity index (χ2n) is 8.38. The van der Waals surface area contributed by atoms with Gasteiger partial charge in [-0.15, -0.1) is 0 Å². The Morgan fingerprint density at radius 3 is 2.47 bits per heavy atom. The van der Waals surface area contributed by atoms with Crippen LogP contribution < -0.4 is 25.4 Å². The summed E-state index contributed by atoms with van der Waals surface area (Å²) in [5.41, 5.74) is 7.70. The summed E-state index contributed by atoms with van der Waals surface area (Å²) in [5, 5.41) is 12.5. The summed E-state index contributed by atoms with van der Waals surface area (Å²) in [4.78, 5) is 25.5. The van der Waals surface area contributed by atoms with Crippen LogP contribution in [0.2, 0.25) is 0 Å². The van der Waals surface area contributed by atoms with Crippen LogP contribution in [-0.4, -0.2) is 68.2 Å². The standard InChI is InChI=1S/C25H28FN7O3/c1-29-18(16-6-4-15(14-27)5-7-16)13-20(34)32-8-10-33(11-9-32)25-30-22-17(24(28)31-25)12-19(35-2)23(36-3)21(22)26/h4-7,12,18,29H,8-11,13H2,1-3H3,(H2,28,30,31). The molecule has 0 radical (unpaired) electrons. The second-order valence-corrected chi connectivity index (χ2v) is 8.38. The first-order valence-corrected chi connectivity index (χ1v) is 11.5. The van der Waals surface area contributed by atoms with Gasteiger partial charge in [0.25, 0.3) is 0 Å². The number of halogens is 1. The van der Waals surface area contributed by atoms with Crippen LogP contribution in [0.25, 0.3) is 10.9 Å². The summed E-state index contributed by atoms with van der Waals surface area (Å²) < 4.78 is 25.4. The summed E-state index contributed by atoms with van der Waals surface area (Å²) in [6.45, 7) is 1.90. The molecule has 11 heteroatoms. The number of nitrogens with zero attached hydrogens (tertiary/aromatic N) is 5. The molecule has 1 aliphatic heterocycles. The normalized spacial score (nSPS) is 14.4. The van der Waals surface area contributed by atoms with Crippen molar-refractivity contribution in [1.29, 1.82) is 5.26 Å². The predicted octanol–water partition coefficient (Wildman–Crippen LogP) is 2.24. The quantitative estimate of drug-likeness (QED) is 0.509. The number of rotatable bonds is 7. The first kappa shape index (κ1) is 24.9. The maximum absolute atomic E-state index is 15.1. The van der Waals surface area contributed by atoms with Crippen LogP contribution in [0.4, 0.5) is 16.2 Å². The molecule has 1 fully saturated rings. The van der Waals surface area contributed by atoms with Crippen LogP contribution in [0.1, 0.15) is 23.6 Å². The molecule has 3 N–H and O–H groups in total. The van der Waals surface area contributed by atoms with Crippen molar-refractivity contribution in [3.63, 3.8) is 0 Å². The third-order valence-corrected chi connectivity index (χ3v) is 6.38. The van der Waals surface area contributed by atoms with Gasteiger partial charge in [0.15, 0.2) is 17.3 Å². The van der Waals surface area contributed by atoms with Gasteiger partial charge in [-0.25, -0.2) is 9.37 Å². The van der Waals surface area contributed by atoms with Crippen LogP contribution >= 0.6 is 0 Å². The topological polar surface area (TPSA) is 130 Å². The van der Waals surface area contributed by atoms with E-state index < -0.39 is 5.82 Å². The highest BCUT2D eigenvalue weighted by molar-refractivity contribution is 5.92. The average molecular weight is 494 g/mol. The summed E-state index contributed by atoms with van der Waals surface area (Å²) in [6.07, 6.45) is 0.286. The molecular weight excluding hydrogens is 465 g/mol. The van der Waals surface area contributed by atoms with Crippen LogP contribution in [0.15, 0.2) is 30.3 Å². The molecule has 0 bridgehead atoms. The number of anilines is 2. The van der Waals surface area contributed by atoms with E-state index in [4.69, 9.17) is 20.5 Å². The van der Waals surface area contributed by atoms with Gasteiger partial charge >= 0.3 is 0 Å². The molecule has 10 nitrogen and oxygen atoms in total. The molecular formula is C25H28FN7O3. The smallest absolute Gasteiger partial charge is 0.228 e.